The van der Waals surface area contributed by atoms with E-state index in [4.69, 9.17) is 11.6 Å². The Morgan fingerprint density at radius 2 is 2.71 bits per heavy atom. The third-order valence-corrected chi connectivity index (χ3v) is 2.07. The molecule has 0 aromatic heterocycles. The third kappa shape index (κ3) is 1.01. The molecule has 1 rings (SSSR count). The zero-order valence-corrected chi connectivity index (χ0v) is 5.05. The van der Waals surface area contributed by atoms with Crippen LogP contribution in [0.25, 0.3) is 0 Å². The Balaban J connectivity index is 2.48. The summed E-state index contributed by atoms with van der Waals surface area (Å²) in [4.78, 5) is 10.3. The topological polar surface area (TPSA) is 29.1 Å². The second-order valence-electron chi connectivity index (χ2n) is 1.24. The van der Waals surface area contributed by atoms with Crippen molar-refractivity contribution in [2.75, 3.05) is 5.75 Å². The van der Waals surface area contributed by atoms with E-state index in [0.29, 0.717) is 5.75 Å². The molecular formula is C3H4ClNOS. The quantitative estimate of drug-likeness (QED) is 0.386. The van der Waals surface area contributed by atoms with Gasteiger partial charge in [0, 0.05) is 5.75 Å². The van der Waals surface area contributed by atoms with Gasteiger partial charge in [-0.15, -0.1) is 11.6 Å². The van der Waals surface area contributed by atoms with Crippen LogP contribution in [-0.2, 0) is 4.79 Å². The van der Waals surface area contributed by atoms with E-state index in [0.717, 1.165) is 0 Å². The molecule has 1 fully saturated rings. The number of hydrogen-bond acceptors (Lipinski definition) is 2. The molecule has 0 aromatic rings. The van der Waals surface area contributed by atoms with Crippen LogP contribution in [0.3, 0.4) is 0 Å². The molecule has 1 aliphatic heterocycles. The van der Waals surface area contributed by atoms with Crippen molar-refractivity contribution in [1.29, 1.82) is 0 Å². The summed E-state index contributed by atoms with van der Waals surface area (Å²) >= 11 is 6.79. The van der Waals surface area contributed by atoms with Gasteiger partial charge in [0.2, 0.25) is 5.91 Å². The summed E-state index contributed by atoms with van der Waals surface area (Å²) < 4.78 is 2.52. The number of halogens is 1. The van der Waals surface area contributed by atoms with Gasteiger partial charge in [0.25, 0.3) is 0 Å². The van der Waals surface area contributed by atoms with Gasteiger partial charge in [0.1, 0.15) is 5.38 Å². The molecule has 0 saturated carbocycles. The van der Waals surface area contributed by atoms with Crippen LogP contribution in [0.2, 0.25) is 0 Å². The molecule has 0 spiro atoms. The standard InChI is InChI=1S/C3H4ClNOS/c4-2-1-7-5-3(2)6/h2H,1H2,(H,5,6). The largest absolute Gasteiger partial charge is 0.299 e. The molecule has 7 heavy (non-hydrogen) atoms. The highest BCUT2D eigenvalue weighted by atomic mass is 35.5. The van der Waals surface area contributed by atoms with Crippen molar-refractivity contribution in [3.05, 3.63) is 0 Å². The van der Waals surface area contributed by atoms with E-state index in [9.17, 15) is 4.79 Å². The van der Waals surface area contributed by atoms with Crippen molar-refractivity contribution in [3.8, 4) is 0 Å². The van der Waals surface area contributed by atoms with Crippen LogP contribution in [0.4, 0.5) is 0 Å². The van der Waals surface area contributed by atoms with Crippen molar-refractivity contribution in [3.63, 3.8) is 0 Å². The van der Waals surface area contributed by atoms with Gasteiger partial charge in [-0.1, -0.05) is 0 Å². The molecule has 1 heterocycles. The second kappa shape index (κ2) is 1.92. The van der Waals surface area contributed by atoms with Crippen molar-refractivity contribution >= 4 is 29.5 Å². The predicted octanol–water partition coefficient (Wildman–Crippen LogP) is 0.372. The van der Waals surface area contributed by atoms with Gasteiger partial charge in [-0.3, -0.25) is 9.52 Å². The molecule has 1 aliphatic rings. The number of hydrogen-bond donors (Lipinski definition) is 1. The molecule has 0 bridgehead atoms. The van der Waals surface area contributed by atoms with Crippen molar-refractivity contribution in [2.45, 2.75) is 5.38 Å². The lowest BCUT2D eigenvalue weighted by Gasteiger charge is -1.85. The molecule has 0 radical (unpaired) electrons. The summed E-state index contributed by atoms with van der Waals surface area (Å²) in [5, 5.41) is -0.301. The summed E-state index contributed by atoms with van der Waals surface area (Å²) in [6.45, 7) is 0. The first kappa shape index (κ1) is 5.25. The van der Waals surface area contributed by atoms with Gasteiger partial charge in [-0.25, -0.2) is 0 Å². The highest BCUT2D eigenvalue weighted by Crippen LogP contribution is 2.12. The predicted molar refractivity (Wildman–Crippen MR) is 30.2 cm³/mol. The van der Waals surface area contributed by atoms with E-state index >= 15 is 0 Å². The van der Waals surface area contributed by atoms with Crippen LogP contribution >= 0.6 is 23.5 Å². The minimum Gasteiger partial charge on any atom is -0.299 e. The Hall–Kier alpha value is 0.110. The fourth-order valence-corrected chi connectivity index (χ4v) is 1.30. The normalized spacial score (nSPS) is 30.4. The first-order valence-electron chi connectivity index (χ1n) is 1.86. The minimum atomic E-state index is -0.301. The molecule has 1 saturated heterocycles. The Labute approximate surface area is 50.7 Å². The Morgan fingerprint density at radius 3 is 2.86 bits per heavy atom. The molecular weight excluding hydrogens is 134 g/mol. The maximum Gasteiger partial charge on any atom is 0.248 e. The maximum atomic E-state index is 10.3. The lowest BCUT2D eigenvalue weighted by atomic mass is 10.5. The van der Waals surface area contributed by atoms with Crippen LogP contribution in [0.15, 0.2) is 0 Å². The van der Waals surface area contributed by atoms with Gasteiger partial charge < -0.3 is 0 Å². The van der Waals surface area contributed by atoms with Crippen LogP contribution in [0.1, 0.15) is 0 Å². The van der Waals surface area contributed by atoms with E-state index in [-0.39, 0.29) is 11.3 Å². The molecule has 1 unspecified atom stereocenters. The monoisotopic (exact) mass is 137 g/mol. The van der Waals surface area contributed by atoms with Gasteiger partial charge in [-0.2, -0.15) is 0 Å². The first-order chi connectivity index (χ1) is 3.30. The van der Waals surface area contributed by atoms with Crippen LogP contribution in [-0.4, -0.2) is 17.0 Å². The molecule has 0 aliphatic carbocycles. The van der Waals surface area contributed by atoms with Crippen molar-refractivity contribution in [2.24, 2.45) is 0 Å². The number of nitrogens with one attached hydrogen (secondary N) is 1. The molecule has 1 atom stereocenters. The number of amides is 1. The van der Waals surface area contributed by atoms with E-state index in [1.807, 2.05) is 0 Å². The van der Waals surface area contributed by atoms with Crippen molar-refractivity contribution in [1.82, 2.24) is 4.72 Å². The minimum absolute atomic E-state index is 0.0633. The summed E-state index contributed by atoms with van der Waals surface area (Å²) in [6, 6.07) is 0. The third-order valence-electron chi connectivity index (χ3n) is 0.687. The number of carbonyl (C=O) groups is 1. The first-order valence-corrected chi connectivity index (χ1v) is 3.28. The molecule has 1 N–H and O–H groups in total. The Morgan fingerprint density at radius 1 is 2.00 bits per heavy atom. The average Bonchev–Trinajstić information content (AvgIpc) is 1.91. The van der Waals surface area contributed by atoms with E-state index < -0.39 is 0 Å². The molecule has 2 nitrogen and oxygen atoms in total. The van der Waals surface area contributed by atoms with Crippen molar-refractivity contribution < 1.29 is 4.79 Å². The highest BCUT2D eigenvalue weighted by molar-refractivity contribution is 7.98. The lowest BCUT2D eigenvalue weighted by molar-refractivity contribution is -0.117. The zero-order chi connectivity index (χ0) is 5.28. The summed E-state index contributed by atoms with van der Waals surface area (Å²) in [5.41, 5.74) is 0. The van der Waals surface area contributed by atoms with E-state index in [1.165, 1.54) is 11.9 Å². The van der Waals surface area contributed by atoms with E-state index in [1.54, 1.807) is 0 Å². The highest BCUT2D eigenvalue weighted by Gasteiger charge is 2.21. The zero-order valence-electron chi connectivity index (χ0n) is 3.48. The Kier molecular flexibility index (Phi) is 1.44. The number of carbonyl (C=O) groups excluding carboxylic acids is 1. The SMILES string of the molecule is O=C1NSCC1Cl. The smallest absolute Gasteiger partial charge is 0.248 e. The lowest BCUT2D eigenvalue weighted by Crippen LogP contribution is -2.16. The van der Waals surface area contributed by atoms with Gasteiger partial charge >= 0.3 is 0 Å². The molecule has 0 aromatic carbocycles. The van der Waals surface area contributed by atoms with Crippen LogP contribution in [0.5, 0.6) is 0 Å². The molecule has 4 heteroatoms. The maximum absolute atomic E-state index is 10.3. The average molecular weight is 138 g/mol. The summed E-state index contributed by atoms with van der Waals surface area (Å²) in [7, 11) is 0. The number of rotatable bonds is 0. The molecule has 40 valence electrons. The van der Waals surface area contributed by atoms with Gasteiger partial charge in [-0.05, 0) is 11.9 Å². The fourth-order valence-electron chi connectivity index (χ4n) is 0.326. The van der Waals surface area contributed by atoms with Gasteiger partial charge in [0.05, 0.1) is 0 Å². The fraction of sp³-hybridized carbons (Fsp3) is 0.667. The van der Waals surface area contributed by atoms with Crippen LogP contribution < -0.4 is 4.72 Å². The van der Waals surface area contributed by atoms with Crippen LogP contribution in [0, 0.1) is 0 Å². The number of alkyl halides is 1. The summed E-state index contributed by atoms with van der Waals surface area (Å²) in [5.74, 6) is 0.632. The Bertz CT molecular complexity index is 96.9. The summed E-state index contributed by atoms with van der Waals surface area (Å²) in [6.07, 6.45) is 0. The molecule has 1 amide bonds. The second-order valence-corrected chi connectivity index (χ2v) is 2.60. The van der Waals surface area contributed by atoms with E-state index in [2.05, 4.69) is 4.72 Å². The van der Waals surface area contributed by atoms with Gasteiger partial charge in [0.15, 0.2) is 0 Å².